The largest absolute Gasteiger partial charge is 0.481 e. The molecule has 0 saturated carbocycles. The van der Waals surface area contributed by atoms with Gasteiger partial charge in [0.05, 0.1) is 19.1 Å². The third kappa shape index (κ3) is 4.43. The normalized spacial score (nSPS) is 26.4. The Kier molecular flexibility index (Phi) is 5.81. The summed E-state index contributed by atoms with van der Waals surface area (Å²) in [5.74, 6) is -0.776. The molecule has 0 aromatic carbocycles. The van der Waals surface area contributed by atoms with Gasteiger partial charge in [0, 0.05) is 38.3 Å². The maximum absolute atomic E-state index is 10.5. The summed E-state index contributed by atoms with van der Waals surface area (Å²) in [5.41, 5.74) is 0. The molecule has 0 amide bonds. The number of piperidine rings is 1. The van der Waals surface area contributed by atoms with Crippen molar-refractivity contribution >= 4 is 5.97 Å². The van der Waals surface area contributed by atoms with Crippen LogP contribution in [0.2, 0.25) is 0 Å². The van der Waals surface area contributed by atoms with Gasteiger partial charge in [-0.2, -0.15) is 0 Å². The smallest absolute Gasteiger partial charge is 0.305 e. The third-order valence-corrected chi connectivity index (χ3v) is 4.59. The number of aliphatic carboxylic acids is 1. The van der Waals surface area contributed by atoms with Gasteiger partial charge in [0.15, 0.2) is 0 Å². The molecule has 20 heavy (non-hydrogen) atoms. The highest BCUT2D eigenvalue weighted by molar-refractivity contribution is 5.66. The average Bonchev–Trinajstić information content (AvgIpc) is 2.89. The van der Waals surface area contributed by atoms with Gasteiger partial charge in [0.25, 0.3) is 0 Å². The third-order valence-electron chi connectivity index (χ3n) is 4.59. The van der Waals surface area contributed by atoms with Gasteiger partial charge in [-0.15, -0.1) is 0 Å². The molecule has 2 saturated heterocycles. The summed E-state index contributed by atoms with van der Waals surface area (Å²) in [5, 5.41) is 8.61. The fraction of sp³-hybridized carbons (Fsp3) is 0.933. The van der Waals surface area contributed by atoms with Gasteiger partial charge in [-0.25, -0.2) is 0 Å². The number of ether oxygens (including phenoxy) is 1. The van der Waals surface area contributed by atoms with Gasteiger partial charge in [-0.3, -0.25) is 14.6 Å². The van der Waals surface area contributed by atoms with E-state index in [1.54, 1.807) is 0 Å². The molecule has 2 rings (SSSR count). The van der Waals surface area contributed by atoms with E-state index in [2.05, 4.69) is 23.6 Å². The van der Waals surface area contributed by atoms with Crippen LogP contribution in [0.5, 0.6) is 0 Å². The maximum Gasteiger partial charge on any atom is 0.305 e. The number of carboxylic acid groups (broad SMARTS) is 1. The van der Waals surface area contributed by atoms with Crippen molar-refractivity contribution in [1.29, 1.82) is 0 Å². The zero-order chi connectivity index (χ0) is 14.5. The Morgan fingerprint density at radius 3 is 2.50 bits per heavy atom. The SMILES string of the molecule is CC(C)N1CCC(N2CCC(OCCC(=O)O)CC2)C1. The summed E-state index contributed by atoms with van der Waals surface area (Å²) in [4.78, 5) is 15.6. The first-order valence-electron chi connectivity index (χ1n) is 7.87. The molecular formula is C15H28N2O3. The van der Waals surface area contributed by atoms with E-state index in [9.17, 15) is 4.79 Å². The minimum atomic E-state index is -0.776. The second kappa shape index (κ2) is 7.38. The second-order valence-electron chi connectivity index (χ2n) is 6.28. The first kappa shape index (κ1) is 15.7. The monoisotopic (exact) mass is 284 g/mol. The van der Waals surface area contributed by atoms with Crippen LogP contribution in [0, 0.1) is 0 Å². The van der Waals surface area contributed by atoms with Crippen LogP contribution >= 0.6 is 0 Å². The molecular weight excluding hydrogens is 256 g/mol. The Bertz CT molecular complexity index is 314. The van der Waals surface area contributed by atoms with Crippen LogP contribution in [0.1, 0.15) is 39.5 Å². The van der Waals surface area contributed by atoms with Crippen molar-refractivity contribution < 1.29 is 14.6 Å². The fourth-order valence-electron chi connectivity index (χ4n) is 3.26. The van der Waals surface area contributed by atoms with Crippen molar-refractivity contribution in [3.05, 3.63) is 0 Å². The molecule has 116 valence electrons. The number of carboxylic acids is 1. The van der Waals surface area contributed by atoms with E-state index in [0.717, 1.165) is 25.9 Å². The van der Waals surface area contributed by atoms with Crippen molar-refractivity contribution in [1.82, 2.24) is 9.80 Å². The molecule has 1 unspecified atom stereocenters. The molecule has 2 aliphatic heterocycles. The van der Waals surface area contributed by atoms with Crippen LogP contribution in [-0.4, -0.2) is 71.8 Å². The van der Waals surface area contributed by atoms with E-state index in [-0.39, 0.29) is 12.5 Å². The van der Waals surface area contributed by atoms with E-state index in [4.69, 9.17) is 9.84 Å². The summed E-state index contributed by atoms with van der Waals surface area (Å²) in [6.45, 7) is 9.49. The van der Waals surface area contributed by atoms with E-state index in [1.807, 2.05) is 0 Å². The number of rotatable bonds is 6. The zero-order valence-corrected chi connectivity index (χ0v) is 12.8. The first-order chi connectivity index (χ1) is 9.56. The van der Waals surface area contributed by atoms with Crippen molar-refractivity contribution in [3.63, 3.8) is 0 Å². The van der Waals surface area contributed by atoms with Crippen LogP contribution < -0.4 is 0 Å². The number of hydrogen-bond donors (Lipinski definition) is 1. The molecule has 0 spiro atoms. The highest BCUT2D eigenvalue weighted by atomic mass is 16.5. The molecule has 2 fully saturated rings. The molecule has 0 aliphatic carbocycles. The molecule has 1 atom stereocenters. The predicted molar refractivity (Wildman–Crippen MR) is 77.9 cm³/mol. The lowest BCUT2D eigenvalue weighted by Gasteiger charge is -2.36. The number of hydrogen-bond acceptors (Lipinski definition) is 4. The van der Waals surface area contributed by atoms with Gasteiger partial charge in [0.1, 0.15) is 0 Å². The maximum atomic E-state index is 10.5. The van der Waals surface area contributed by atoms with Crippen LogP contribution in [0.15, 0.2) is 0 Å². The van der Waals surface area contributed by atoms with Crippen LogP contribution in [-0.2, 0) is 9.53 Å². The van der Waals surface area contributed by atoms with Crippen LogP contribution in [0.3, 0.4) is 0 Å². The van der Waals surface area contributed by atoms with Crippen molar-refractivity contribution in [2.45, 2.75) is 57.7 Å². The standard InChI is InChI=1S/C15H28N2O3/c1-12(2)17-7-3-13(11-17)16-8-4-14(5-9-16)20-10-6-15(18)19/h12-14H,3-11H2,1-2H3,(H,18,19). The van der Waals surface area contributed by atoms with Gasteiger partial charge in [-0.1, -0.05) is 0 Å². The van der Waals surface area contributed by atoms with E-state index >= 15 is 0 Å². The average molecular weight is 284 g/mol. The minimum absolute atomic E-state index is 0.117. The fourth-order valence-corrected chi connectivity index (χ4v) is 3.26. The summed E-state index contributed by atoms with van der Waals surface area (Å²) >= 11 is 0. The Labute approximate surface area is 121 Å². The Balaban J connectivity index is 1.66. The molecule has 0 bridgehead atoms. The molecule has 5 heteroatoms. The lowest BCUT2D eigenvalue weighted by atomic mass is 10.0. The quantitative estimate of drug-likeness (QED) is 0.799. The summed E-state index contributed by atoms with van der Waals surface area (Å²) in [6, 6.07) is 1.36. The van der Waals surface area contributed by atoms with Gasteiger partial charge < -0.3 is 9.84 Å². The highest BCUT2D eigenvalue weighted by Crippen LogP contribution is 2.22. The molecule has 2 aliphatic rings. The lowest BCUT2D eigenvalue weighted by molar-refractivity contribution is -0.138. The van der Waals surface area contributed by atoms with E-state index in [0.29, 0.717) is 18.7 Å². The number of carbonyl (C=O) groups is 1. The minimum Gasteiger partial charge on any atom is -0.481 e. The summed E-state index contributed by atoms with van der Waals surface area (Å²) < 4.78 is 5.65. The van der Waals surface area contributed by atoms with Gasteiger partial charge in [0.2, 0.25) is 0 Å². The molecule has 2 heterocycles. The van der Waals surface area contributed by atoms with Gasteiger partial charge >= 0.3 is 5.97 Å². The van der Waals surface area contributed by atoms with Gasteiger partial charge in [-0.05, 0) is 33.1 Å². The van der Waals surface area contributed by atoms with E-state index < -0.39 is 5.97 Å². The summed E-state index contributed by atoms with van der Waals surface area (Å²) in [7, 11) is 0. The molecule has 5 nitrogen and oxygen atoms in total. The molecule has 0 aromatic heterocycles. The summed E-state index contributed by atoms with van der Waals surface area (Å²) in [6.07, 6.45) is 3.73. The highest BCUT2D eigenvalue weighted by Gasteiger charge is 2.31. The van der Waals surface area contributed by atoms with Crippen molar-refractivity contribution in [3.8, 4) is 0 Å². The van der Waals surface area contributed by atoms with Crippen molar-refractivity contribution in [2.24, 2.45) is 0 Å². The number of nitrogens with zero attached hydrogens (tertiary/aromatic N) is 2. The predicted octanol–water partition coefficient (Wildman–Crippen LogP) is 1.42. The molecule has 0 radical (unpaired) electrons. The van der Waals surface area contributed by atoms with Crippen LogP contribution in [0.25, 0.3) is 0 Å². The number of likely N-dealkylation sites (tertiary alicyclic amines) is 2. The van der Waals surface area contributed by atoms with Crippen LogP contribution in [0.4, 0.5) is 0 Å². The van der Waals surface area contributed by atoms with Crippen molar-refractivity contribution in [2.75, 3.05) is 32.8 Å². The molecule has 0 aromatic rings. The Hall–Kier alpha value is -0.650. The zero-order valence-electron chi connectivity index (χ0n) is 12.8. The lowest BCUT2D eigenvalue weighted by Crippen LogP contribution is -2.45. The first-order valence-corrected chi connectivity index (χ1v) is 7.87. The van der Waals surface area contributed by atoms with E-state index in [1.165, 1.54) is 19.5 Å². The topological polar surface area (TPSA) is 53.0 Å². The molecule has 1 N–H and O–H groups in total. The second-order valence-corrected chi connectivity index (χ2v) is 6.28. The Morgan fingerprint density at radius 1 is 1.25 bits per heavy atom. The Morgan fingerprint density at radius 2 is 1.95 bits per heavy atom.